The molecule has 218 valence electrons. The van der Waals surface area contributed by atoms with Crippen LogP contribution < -0.4 is 9.80 Å². The van der Waals surface area contributed by atoms with Gasteiger partial charge in [-0.05, 0) is 82.8 Å². The maximum Gasteiger partial charge on any atom is 0.0560 e. The Kier molecular flexibility index (Phi) is 8.37. The number of hydrogen-bond acceptors (Lipinski definition) is 2. The van der Waals surface area contributed by atoms with Crippen LogP contribution in [-0.4, -0.2) is 6.04 Å². The van der Waals surface area contributed by atoms with Crippen molar-refractivity contribution >= 4 is 28.3 Å². The lowest BCUT2D eigenvalue weighted by atomic mass is 9.94. The summed E-state index contributed by atoms with van der Waals surface area (Å²) in [5.41, 5.74) is 11.0. The fourth-order valence-electron chi connectivity index (χ4n) is 6.11. The number of para-hydroxylation sites is 4. The van der Waals surface area contributed by atoms with Crippen molar-refractivity contribution in [2.75, 3.05) is 9.80 Å². The highest BCUT2D eigenvalue weighted by molar-refractivity contribution is 5.78. The van der Waals surface area contributed by atoms with Gasteiger partial charge in [0, 0.05) is 29.3 Å². The Morgan fingerprint density at radius 3 is 1.31 bits per heavy atom. The molecule has 0 bridgehead atoms. The number of anilines is 4. The van der Waals surface area contributed by atoms with Crippen molar-refractivity contribution in [3.05, 3.63) is 199 Å². The fraction of sp³-hybridized carbons (Fsp3) is 0.0698. The third kappa shape index (κ3) is 6.51. The zero-order chi connectivity index (χ0) is 30.3. The number of benzene rings is 6. The molecule has 0 N–H and O–H groups in total. The molecule has 0 aliphatic heterocycles. The van der Waals surface area contributed by atoms with E-state index in [0.717, 1.165) is 13.0 Å². The van der Waals surface area contributed by atoms with E-state index in [0.29, 0.717) is 0 Å². The minimum atomic E-state index is 0.260. The van der Waals surface area contributed by atoms with Gasteiger partial charge in [-0.2, -0.15) is 0 Å². The van der Waals surface area contributed by atoms with E-state index in [1.165, 1.54) is 50.6 Å². The van der Waals surface area contributed by atoms with Crippen LogP contribution in [0.1, 0.15) is 17.5 Å². The molecule has 6 aromatic rings. The van der Waals surface area contributed by atoms with E-state index in [1.54, 1.807) is 0 Å². The zero-order valence-electron chi connectivity index (χ0n) is 25.3. The normalized spacial score (nSPS) is 14.0. The maximum atomic E-state index is 2.43. The lowest BCUT2D eigenvalue weighted by Gasteiger charge is -2.33. The van der Waals surface area contributed by atoms with Crippen LogP contribution in [0.15, 0.2) is 188 Å². The smallest absolute Gasteiger partial charge is 0.0560 e. The molecule has 0 amide bonds. The predicted octanol–water partition coefficient (Wildman–Crippen LogP) is 11.2. The Hall–Kier alpha value is -5.60. The lowest BCUT2D eigenvalue weighted by molar-refractivity contribution is 0.787. The standard InChI is InChI=1S/C43H36N2/c1-5-13-39(14-6-1)44(40-15-7-2-8-16-40)33-34-21-23-35(24-22-34)36-25-27-37(28-26-36)38-29-31-43(32-30-38)45(41-17-9-3-10-18-41)42-19-11-4-12-20-42/h1-31,43H,32-33H2. The maximum absolute atomic E-state index is 2.43. The minimum Gasteiger partial charge on any atom is -0.337 e. The van der Waals surface area contributed by atoms with Gasteiger partial charge in [0.2, 0.25) is 0 Å². The molecule has 2 nitrogen and oxygen atoms in total. The SMILES string of the molecule is C1=CC(N(c2ccccc2)c2ccccc2)CC=C1c1ccc(-c2ccc(CN(c3ccccc3)c3ccccc3)cc2)cc1. The minimum absolute atomic E-state index is 0.260. The van der Waals surface area contributed by atoms with Crippen LogP contribution in [0.5, 0.6) is 0 Å². The molecule has 7 rings (SSSR count). The van der Waals surface area contributed by atoms with Gasteiger partial charge in [-0.25, -0.2) is 0 Å². The fourth-order valence-corrected chi connectivity index (χ4v) is 6.11. The highest BCUT2D eigenvalue weighted by atomic mass is 15.2. The largest absolute Gasteiger partial charge is 0.337 e. The summed E-state index contributed by atoms with van der Waals surface area (Å²) in [6.07, 6.45) is 7.94. The van der Waals surface area contributed by atoms with Crippen LogP contribution in [0.25, 0.3) is 16.7 Å². The molecule has 0 heterocycles. The van der Waals surface area contributed by atoms with E-state index in [2.05, 4.69) is 198 Å². The second kappa shape index (κ2) is 13.4. The summed E-state index contributed by atoms with van der Waals surface area (Å²) in [7, 11) is 0. The number of rotatable bonds is 9. The Labute approximate surface area is 266 Å². The van der Waals surface area contributed by atoms with Crippen LogP contribution in [0.4, 0.5) is 22.7 Å². The van der Waals surface area contributed by atoms with Crippen molar-refractivity contribution in [3.63, 3.8) is 0 Å². The van der Waals surface area contributed by atoms with Gasteiger partial charge >= 0.3 is 0 Å². The van der Waals surface area contributed by atoms with Crippen LogP contribution in [0.3, 0.4) is 0 Å². The van der Waals surface area contributed by atoms with E-state index < -0.39 is 0 Å². The predicted molar refractivity (Wildman–Crippen MR) is 191 cm³/mol. The van der Waals surface area contributed by atoms with Gasteiger partial charge in [-0.15, -0.1) is 0 Å². The third-order valence-electron chi connectivity index (χ3n) is 8.46. The molecule has 1 aliphatic rings. The van der Waals surface area contributed by atoms with Crippen molar-refractivity contribution in [1.29, 1.82) is 0 Å². The molecule has 0 radical (unpaired) electrons. The molecule has 6 aromatic carbocycles. The van der Waals surface area contributed by atoms with E-state index in [9.17, 15) is 0 Å². The summed E-state index contributed by atoms with van der Waals surface area (Å²) in [5.74, 6) is 0. The summed E-state index contributed by atoms with van der Waals surface area (Å²) in [6.45, 7) is 0.806. The zero-order valence-corrected chi connectivity index (χ0v) is 25.3. The van der Waals surface area contributed by atoms with Gasteiger partial charge in [0.1, 0.15) is 0 Å². The summed E-state index contributed by atoms with van der Waals surface area (Å²) in [6, 6.07) is 60.8. The topological polar surface area (TPSA) is 6.48 Å². The summed E-state index contributed by atoms with van der Waals surface area (Å²) in [4.78, 5) is 4.79. The molecular weight excluding hydrogens is 544 g/mol. The summed E-state index contributed by atoms with van der Waals surface area (Å²) >= 11 is 0. The molecule has 0 fully saturated rings. The lowest BCUT2D eigenvalue weighted by Crippen LogP contribution is -2.30. The molecule has 1 aliphatic carbocycles. The number of hydrogen-bond donors (Lipinski definition) is 0. The molecule has 0 saturated carbocycles. The Morgan fingerprint density at radius 2 is 0.867 bits per heavy atom. The first-order valence-electron chi connectivity index (χ1n) is 15.7. The van der Waals surface area contributed by atoms with E-state index in [-0.39, 0.29) is 6.04 Å². The van der Waals surface area contributed by atoms with E-state index in [4.69, 9.17) is 0 Å². The van der Waals surface area contributed by atoms with Crippen LogP contribution in [0, 0.1) is 0 Å². The highest BCUT2D eigenvalue weighted by Gasteiger charge is 2.20. The highest BCUT2D eigenvalue weighted by Crippen LogP contribution is 2.34. The van der Waals surface area contributed by atoms with Crippen molar-refractivity contribution in [3.8, 4) is 11.1 Å². The molecule has 1 unspecified atom stereocenters. The number of allylic oxidation sites excluding steroid dienone is 2. The molecular formula is C43H36N2. The second-order valence-electron chi connectivity index (χ2n) is 11.4. The first kappa shape index (κ1) is 28.2. The average Bonchev–Trinajstić information content (AvgIpc) is 3.13. The van der Waals surface area contributed by atoms with Crippen molar-refractivity contribution in [1.82, 2.24) is 0 Å². The van der Waals surface area contributed by atoms with Gasteiger partial charge < -0.3 is 9.80 Å². The third-order valence-corrected chi connectivity index (χ3v) is 8.46. The molecule has 0 saturated heterocycles. The second-order valence-corrected chi connectivity index (χ2v) is 11.4. The molecule has 1 atom stereocenters. The average molecular weight is 581 g/mol. The van der Waals surface area contributed by atoms with Gasteiger partial charge in [-0.3, -0.25) is 0 Å². The van der Waals surface area contributed by atoms with Gasteiger partial charge in [0.15, 0.2) is 0 Å². The van der Waals surface area contributed by atoms with Crippen LogP contribution >= 0.6 is 0 Å². The monoisotopic (exact) mass is 580 g/mol. The van der Waals surface area contributed by atoms with Gasteiger partial charge in [-0.1, -0.05) is 140 Å². The summed E-state index contributed by atoms with van der Waals surface area (Å²) in [5, 5.41) is 0. The van der Waals surface area contributed by atoms with Crippen molar-refractivity contribution in [2.24, 2.45) is 0 Å². The molecule has 0 aromatic heterocycles. The van der Waals surface area contributed by atoms with Crippen LogP contribution in [0.2, 0.25) is 0 Å². The molecule has 45 heavy (non-hydrogen) atoms. The Balaban J connectivity index is 1.05. The van der Waals surface area contributed by atoms with Crippen LogP contribution in [-0.2, 0) is 6.54 Å². The Morgan fingerprint density at radius 1 is 0.444 bits per heavy atom. The first-order valence-corrected chi connectivity index (χ1v) is 15.7. The van der Waals surface area contributed by atoms with E-state index in [1.807, 2.05) is 0 Å². The number of nitrogens with zero attached hydrogens (tertiary/aromatic N) is 2. The van der Waals surface area contributed by atoms with Crippen molar-refractivity contribution < 1.29 is 0 Å². The van der Waals surface area contributed by atoms with Gasteiger partial charge in [0.05, 0.1) is 6.04 Å². The summed E-state index contributed by atoms with van der Waals surface area (Å²) < 4.78 is 0. The quantitative estimate of drug-likeness (QED) is 0.168. The first-order chi connectivity index (χ1) is 22.3. The van der Waals surface area contributed by atoms with Gasteiger partial charge in [0.25, 0.3) is 0 Å². The van der Waals surface area contributed by atoms with E-state index >= 15 is 0 Å². The molecule has 0 spiro atoms. The molecule has 2 heteroatoms. The van der Waals surface area contributed by atoms with Crippen molar-refractivity contribution in [2.45, 2.75) is 19.0 Å². The Bertz CT molecular complexity index is 1780.